The molecule has 4 aromatic carbocycles. The average molecular weight is 585 g/mol. The van der Waals surface area contributed by atoms with Crippen LogP contribution in [0.15, 0.2) is 97.1 Å². The SMILES string of the molecule is COc1ccc(N2C[C@H](C(=O)Oc3ccc(N4C(=O)[C@@H]5C6c7ccccc7C(c7ccccc76)[C@@H]5C4=O)cc3)CC2=O)cc1. The summed E-state index contributed by atoms with van der Waals surface area (Å²) in [6.45, 7) is 0.217. The van der Waals surface area contributed by atoms with Gasteiger partial charge in [0.2, 0.25) is 17.7 Å². The highest BCUT2D eigenvalue weighted by atomic mass is 16.5. The van der Waals surface area contributed by atoms with Crippen LogP contribution in [0.3, 0.4) is 0 Å². The van der Waals surface area contributed by atoms with Crippen LogP contribution in [0.5, 0.6) is 11.5 Å². The van der Waals surface area contributed by atoms with Gasteiger partial charge in [0.15, 0.2) is 0 Å². The minimum atomic E-state index is -0.618. The fourth-order valence-electron chi connectivity index (χ4n) is 7.67. The van der Waals surface area contributed by atoms with E-state index in [4.69, 9.17) is 9.47 Å². The Kier molecular flexibility index (Phi) is 5.94. The molecule has 44 heavy (non-hydrogen) atoms. The second-order valence-corrected chi connectivity index (χ2v) is 11.8. The van der Waals surface area contributed by atoms with E-state index >= 15 is 0 Å². The highest BCUT2D eigenvalue weighted by molar-refractivity contribution is 6.23. The highest BCUT2D eigenvalue weighted by Gasteiger charge is 2.61. The standard InChI is InChI=1S/C36H28N2O6/c1-43-23-14-10-21(11-15-23)37-19-20(18-29(37)39)36(42)44-24-16-12-22(13-17-24)38-34(40)32-30-25-6-2-3-7-26(25)31(33(32)35(38)41)28-9-5-4-8-27(28)30/h2-17,20,30-33H,18-19H2,1H3/t20-,30?,31?,32-,33+/m1/s1. The minimum Gasteiger partial charge on any atom is -0.497 e. The number of carbonyl (C=O) groups is 4. The van der Waals surface area contributed by atoms with Gasteiger partial charge in [0.1, 0.15) is 11.5 Å². The maximum atomic E-state index is 14.0. The summed E-state index contributed by atoms with van der Waals surface area (Å²) in [6, 6.07) is 29.9. The number of methoxy groups -OCH3 is 1. The molecule has 0 unspecified atom stereocenters. The molecule has 0 saturated carbocycles. The van der Waals surface area contributed by atoms with Crippen molar-refractivity contribution in [3.05, 3.63) is 119 Å². The summed E-state index contributed by atoms with van der Waals surface area (Å²) in [4.78, 5) is 56.5. The highest BCUT2D eigenvalue weighted by Crippen LogP contribution is 2.61. The third kappa shape index (κ3) is 3.83. The number of esters is 1. The number of hydrogen-bond donors (Lipinski definition) is 0. The summed E-state index contributed by atoms with van der Waals surface area (Å²) in [6.07, 6.45) is 0.0512. The molecule has 9 rings (SSSR count). The molecule has 3 amide bonds. The third-order valence-electron chi connectivity index (χ3n) is 9.60. The summed E-state index contributed by atoms with van der Waals surface area (Å²) in [5.41, 5.74) is 5.63. The first-order chi connectivity index (χ1) is 21.4. The van der Waals surface area contributed by atoms with Crippen molar-refractivity contribution in [1.82, 2.24) is 0 Å². The van der Waals surface area contributed by atoms with Gasteiger partial charge in [-0.05, 0) is 70.8 Å². The van der Waals surface area contributed by atoms with E-state index in [-0.39, 0.29) is 48.3 Å². The zero-order valence-corrected chi connectivity index (χ0v) is 23.9. The summed E-state index contributed by atoms with van der Waals surface area (Å²) < 4.78 is 10.8. The molecule has 8 nitrogen and oxygen atoms in total. The molecule has 3 atom stereocenters. The number of rotatable bonds is 5. The molecule has 0 radical (unpaired) electrons. The number of hydrogen-bond acceptors (Lipinski definition) is 6. The first kappa shape index (κ1) is 26.4. The van der Waals surface area contributed by atoms with Gasteiger partial charge in [-0.25, -0.2) is 4.90 Å². The van der Waals surface area contributed by atoms with E-state index in [2.05, 4.69) is 24.3 Å². The van der Waals surface area contributed by atoms with E-state index in [1.807, 2.05) is 24.3 Å². The van der Waals surface area contributed by atoms with E-state index in [1.165, 1.54) is 4.90 Å². The second kappa shape index (κ2) is 9.91. The van der Waals surface area contributed by atoms with E-state index in [1.54, 1.807) is 60.5 Å². The van der Waals surface area contributed by atoms with Crippen LogP contribution in [0.1, 0.15) is 40.5 Å². The Balaban J connectivity index is 1.01. The third-order valence-corrected chi connectivity index (χ3v) is 9.60. The van der Waals surface area contributed by atoms with Gasteiger partial charge in [-0.2, -0.15) is 0 Å². The van der Waals surface area contributed by atoms with Crippen LogP contribution >= 0.6 is 0 Å². The van der Waals surface area contributed by atoms with Gasteiger partial charge in [0, 0.05) is 30.5 Å². The summed E-state index contributed by atoms with van der Waals surface area (Å²) >= 11 is 0. The van der Waals surface area contributed by atoms with Crippen LogP contribution < -0.4 is 19.3 Å². The number of imide groups is 1. The summed E-state index contributed by atoms with van der Waals surface area (Å²) in [7, 11) is 1.57. The Morgan fingerprint density at radius 3 is 1.64 bits per heavy atom. The fraction of sp³-hybridized carbons (Fsp3) is 0.222. The number of anilines is 2. The van der Waals surface area contributed by atoms with Crippen LogP contribution in [-0.2, 0) is 19.2 Å². The first-order valence-corrected chi connectivity index (χ1v) is 14.8. The quantitative estimate of drug-likeness (QED) is 0.185. The number of nitrogens with zero attached hydrogens (tertiary/aromatic N) is 2. The molecule has 0 spiro atoms. The summed E-state index contributed by atoms with van der Waals surface area (Å²) in [5, 5.41) is 0. The maximum Gasteiger partial charge on any atom is 0.316 e. The van der Waals surface area contributed by atoms with Crippen molar-refractivity contribution in [2.24, 2.45) is 17.8 Å². The smallest absolute Gasteiger partial charge is 0.316 e. The molecule has 218 valence electrons. The van der Waals surface area contributed by atoms with Gasteiger partial charge >= 0.3 is 5.97 Å². The van der Waals surface area contributed by atoms with Gasteiger partial charge in [0.25, 0.3) is 0 Å². The molecule has 2 fully saturated rings. The molecule has 2 bridgehead atoms. The molecule has 0 N–H and O–H groups in total. The van der Waals surface area contributed by atoms with Crippen LogP contribution in [-0.4, -0.2) is 37.3 Å². The number of carbonyl (C=O) groups excluding carboxylic acids is 4. The second-order valence-electron chi connectivity index (χ2n) is 11.8. The lowest BCUT2D eigenvalue weighted by Gasteiger charge is -2.45. The predicted octanol–water partition coefficient (Wildman–Crippen LogP) is 5.05. The lowest BCUT2D eigenvalue weighted by molar-refractivity contribution is -0.139. The first-order valence-electron chi connectivity index (χ1n) is 14.8. The van der Waals surface area contributed by atoms with Crippen molar-refractivity contribution in [3.8, 4) is 11.5 Å². The molecule has 8 heteroatoms. The largest absolute Gasteiger partial charge is 0.497 e. The van der Waals surface area contributed by atoms with Crippen LogP contribution in [0.4, 0.5) is 11.4 Å². The Hall–Kier alpha value is -5.24. The van der Waals surface area contributed by atoms with E-state index in [0.717, 1.165) is 22.3 Å². The normalized spacial score (nSPS) is 24.7. The maximum absolute atomic E-state index is 14.0. The van der Waals surface area contributed by atoms with E-state index < -0.39 is 23.7 Å². The molecule has 4 aromatic rings. The molecule has 2 saturated heterocycles. The monoisotopic (exact) mass is 584 g/mol. The lowest BCUT2D eigenvalue weighted by atomic mass is 9.55. The molecular weight excluding hydrogens is 556 g/mol. The number of benzene rings is 4. The molecule has 0 aromatic heterocycles. The Labute approximate surface area is 253 Å². The average Bonchev–Trinajstić information content (AvgIpc) is 3.58. The van der Waals surface area contributed by atoms with Gasteiger partial charge in [0.05, 0.1) is 30.6 Å². The minimum absolute atomic E-state index is 0.0512. The Bertz CT molecular complexity index is 1730. The van der Waals surface area contributed by atoms with E-state index in [0.29, 0.717) is 17.1 Å². The van der Waals surface area contributed by atoms with Gasteiger partial charge in [-0.15, -0.1) is 0 Å². The number of ether oxygens (including phenoxy) is 2. The van der Waals surface area contributed by atoms with Crippen LogP contribution in [0, 0.1) is 17.8 Å². The Morgan fingerprint density at radius 1 is 0.659 bits per heavy atom. The van der Waals surface area contributed by atoms with Crippen molar-refractivity contribution in [2.75, 3.05) is 23.5 Å². The van der Waals surface area contributed by atoms with Crippen LogP contribution in [0.25, 0.3) is 0 Å². The van der Waals surface area contributed by atoms with E-state index in [9.17, 15) is 19.2 Å². The van der Waals surface area contributed by atoms with Crippen molar-refractivity contribution < 1.29 is 28.7 Å². The zero-order chi connectivity index (χ0) is 30.1. The van der Waals surface area contributed by atoms with Crippen molar-refractivity contribution in [1.29, 1.82) is 0 Å². The van der Waals surface area contributed by atoms with Crippen LogP contribution in [0.2, 0.25) is 0 Å². The predicted molar refractivity (Wildman–Crippen MR) is 162 cm³/mol. The van der Waals surface area contributed by atoms with Crippen molar-refractivity contribution in [3.63, 3.8) is 0 Å². The van der Waals surface area contributed by atoms with Crippen molar-refractivity contribution in [2.45, 2.75) is 18.3 Å². The fourth-order valence-corrected chi connectivity index (χ4v) is 7.67. The molecule has 3 aliphatic carbocycles. The zero-order valence-electron chi connectivity index (χ0n) is 23.9. The lowest BCUT2D eigenvalue weighted by Crippen LogP contribution is -2.41. The molecular formula is C36H28N2O6. The topological polar surface area (TPSA) is 93.2 Å². The van der Waals surface area contributed by atoms with Crippen molar-refractivity contribution >= 4 is 35.1 Å². The number of amides is 3. The van der Waals surface area contributed by atoms with Gasteiger partial charge in [-0.1, -0.05) is 48.5 Å². The molecule has 2 aliphatic heterocycles. The molecule has 5 aliphatic rings. The Morgan fingerprint density at radius 2 is 1.14 bits per heavy atom. The molecule has 2 heterocycles. The van der Waals surface area contributed by atoms with Gasteiger partial charge < -0.3 is 14.4 Å². The summed E-state index contributed by atoms with van der Waals surface area (Å²) in [5.74, 6) is -2.01. The van der Waals surface area contributed by atoms with Gasteiger partial charge in [-0.3, -0.25) is 19.2 Å².